The Bertz CT molecular complexity index is 875. The molecule has 0 spiro atoms. The van der Waals surface area contributed by atoms with Crippen LogP contribution in [-0.4, -0.2) is 39.8 Å². The Morgan fingerprint density at radius 1 is 0.964 bits per heavy atom. The highest BCUT2D eigenvalue weighted by Crippen LogP contribution is 2.35. The maximum atomic E-state index is 12.3. The van der Waals surface area contributed by atoms with E-state index in [9.17, 15) is 9.59 Å². The molecule has 0 radical (unpaired) electrons. The van der Waals surface area contributed by atoms with Crippen LogP contribution in [0.4, 0.5) is 5.69 Å². The Labute approximate surface area is 163 Å². The van der Waals surface area contributed by atoms with Crippen molar-refractivity contribution in [1.82, 2.24) is 0 Å². The predicted molar refractivity (Wildman–Crippen MR) is 106 cm³/mol. The maximum Gasteiger partial charge on any atom is 0.338 e. The molecule has 0 heterocycles. The Morgan fingerprint density at radius 3 is 2.29 bits per heavy atom. The molecular weight excluding hydrogens is 362 g/mol. The molecule has 0 atom stereocenters. The second kappa shape index (κ2) is 10.0. The fourth-order valence-corrected chi connectivity index (χ4v) is 2.47. The van der Waals surface area contributed by atoms with Gasteiger partial charge < -0.3 is 24.3 Å². The van der Waals surface area contributed by atoms with Crippen LogP contribution in [0.5, 0.6) is 17.2 Å². The van der Waals surface area contributed by atoms with Gasteiger partial charge in [-0.2, -0.15) is 0 Å². The van der Waals surface area contributed by atoms with Crippen LogP contribution in [0.2, 0.25) is 0 Å². The zero-order chi connectivity index (χ0) is 20.5. The summed E-state index contributed by atoms with van der Waals surface area (Å²) in [6, 6.07) is 9.93. The van der Waals surface area contributed by atoms with Gasteiger partial charge in [0.15, 0.2) is 11.5 Å². The Balaban J connectivity index is 2.16. The molecule has 0 bridgehead atoms. The smallest absolute Gasteiger partial charge is 0.338 e. The second-order valence-corrected chi connectivity index (χ2v) is 5.57. The Kier molecular flexibility index (Phi) is 7.45. The van der Waals surface area contributed by atoms with Gasteiger partial charge in [0.25, 0.3) is 0 Å². The van der Waals surface area contributed by atoms with Gasteiger partial charge in [0.05, 0.1) is 33.5 Å². The van der Waals surface area contributed by atoms with Gasteiger partial charge in [-0.15, -0.1) is 0 Å². The van der Waals surface area contributed by atoms with E-state index in [4.69, 9.17) is 18.9 Å². The third kappa shape index (κ3) is 5.26. The van der Waals surface area contributed by atoms with E-state index in [1.165, 1.54) is 27.4 Å². The molecule has 0 fully saturated rings. The third-order valence-electron chi connectivity index (χ3n) is 3.79. The number of hydrogen-bond acceptors (Lipinski definition) is 6. The molecule has 1 amide bonds. The Morgan fingerprint density at radius 2 is 1.64 bits per heavy atom. The summed E-state index contributed by atoms with van der Waals surface area (Å²) in [7, 11) is 4.59. The summed E-state index contributed by atoms with van der Waals surface area (Å²) in [5.74, 6) is 0.773. The number of benzene rings is 2. The predicted octanol–water partition coefficient (Wildman–Crippen LogP) is 3.54. The number of esters is 1. The number of rotatable bonds is 8. The average molecular weight is 385 g/mol. The van der Waals surface area contributed by atoms with Gasteiger partial charge in [0, 0.05) is 23.4 Å². The molecule has 148 valence electrons. The molecule has 1 N–H and O–H groups in total. The first kappa shape index (κ1) is 20.8. The van der Waals surface area contributed by atoms with Crippen LogP contribution in [0.3, 0.4) is 0 Å². The number of hydrogen-bond donors (Lipinski definition) is 1. The topological polar surface area (TPSA) is 83.1 Å². The van der Waals surface area contributed by atoms with E-state index in [1.807, 2.05) is 0 Å². The van der Waals surface area contributed by atoms with Gasteiger partial charge in [0.1, 0.15) is 5.75 Å². The van der Waals surface area contributed by atoms with E-state index in [1.54, 1.807) is 49.4 Å². The van der Waals surface area contributed by atoms with Crippen LogP contribution in [0, 0.1) is 0 Å². The van der Waals surface area contributed by atoms with Crippen molar-refractivity contribution in [2.24, 2.45) is 0 Å². The number of carbonyl (C=O) groups is 2. The number of anilines is 1. The third-order valence-corrected chi connectivity index (χ3v) is 3.79. The molecule has 0 aliphatic heterocycles. The quantitative estimate of drug-likeness (QED) is 0.553. The molecule has 0 saturated carbocycles. The maximum absolute atomic E-state index is 12.3. The van der Waals surface area contributed by atoms with Crippen LogP contribution < -0.4 is 19.5 Å². The molecule has 0 saturated heterocycles. The summed E-state index contributed by atoms with van der Waals surface area (Å²) in [5, 5.41) is 2.71. The van der Waals surface area contributed by atoms with Crippen molar-refractivity contribution in [3.8, 4) is 17.2 Å². The molecular formula is C21H23NO6. The first-order chi connectivity index (χ1) is 13.5. The van der Waals surface area contributed by atoms with Crippen molar-refractivity contribution >= 4 is 23.6 Å². The van der Waals surface area contributed by atoms with E-state index in [0.29, 0.717) is 34.1 Å². The molecule has 28 heavy (non-hydrogen) atoms. The largest absolute Gasteiger partial charge is 0.496 e. The second-order valence-electron chi connectivity index (χ2n) is 5.57. The first-order valence-corrected chi connectivity index (χ1v) is 8.58. The summed E-state index contributed by atoms with van der Waals surface area (Å²) >= 11 is 0. The van der Waals surface area contributed by atoms with Gasteiger partial charge >= 0.3 is 5.97 Å². The van der Waals surface area contributed by atoms with Crippen molar-refractivity contribution in [3.63, 3.8) is 0 Å². The van der Waals surface area contributed by atoms with E-state index < -0.39 is 5.97 Å². The summed E-state index contributed by atoms with van der Waals surface area (Å²) in [5.41, 5.74) is 1.50. The minimum atomic E-state index is -0.441. The number of amides is 1. The fourth-order valence-electron chi connectivity index (χ4n) is 2.47. The van der Waals surface area contributed by atoms with Crippen LogP contribution in [0.1, 0.15) is 22.8 Å². The minimum absolute atomic E-state index is 0.283. The summed E-state index contributed by atoms with van der Waals surface area (Å²) in [6.45, 7) is 2.02. The lowest BCUT2D eigenvalue weighted by Crippen LogP contribution is -2.09. The van der Waals surface area contributed by atoms with Gasteiger partial charge in [0.2, 0.25) is 5.91 Å². The van der Waals surface area contributed by atoms with E-state index >= 15 is 0 Å². The lowest BCUT2D eigenvalue weighted by Gasteiger charge is -2.12. The van der Waals surface area contributed by atoms with Crippen LogP contribution >= 0.6 is 0 Å². The normalized spacial score (nSPS) is 10.4. The summed E-state index contributed by atoms with van der Waals surface area (Å²) in [4.78, 5) is 24.1. The first-order valence-electron chi connectivity index (χ1n) is 8.58. The number of carbonyl (C=O) groups excluding carboxylic acids is 2. The molecule has 7 heteroatoms. The monoisotopic (exact) mass is 385 g/mol. The van der Waals surface area contributed by atoms with Crippen LogP contribution in [-0.2, 0) is 9.53 Å². The highest BCUT2D eigenvalue weighted by Gasteiger charge is 2.11. The van der Waals surface area contributed by atoms with Gasteiger partial charge in [-0.05, 0) is 37.3 Å². The van der Waals surface area contributed by atoms with Crippen LogP contribution in [0.15, 0.2) is 42.5 Å². The van der Waals surface area contributed by atoms with Crippen molar-refractivity contribution in [1.29, 1.82) is 0 Å². The lowest BCUT2D eigenvalue weighted by molar-refractivity contribution is -0.111. The molecule has 0 unspecified atom stereocenters. The lowest BCUT2D eigenvalue weighted by atomic mass is 10.1. The summed E-state index contributed by atoms with van der Waals surface area (Å²) < 4.78 is 20.8. The SMILES string of the molecule is CCOC(=O)c1cccc(NC(=O)/C=C/c2cc(OC)c(OC)cc2OC)c1. The zero-order valence-electron chi connectivity index (χ0n) is 16.3. The molecule has 0 aliphatic carbocycles. The van der Waals surface area contributed by atoms with Crippen molar-refractivity contribution in [2.45, 2.75) is 6.92 Å². The van der Waals surface area contributed by atoms with E-state index in [-0.39, 0.29) is 12.5 Å². The van der Waals surface area contributed by atoms with Gasteiger partial charge in [-0.3, -0.25) is 4.79 Å². The van der Waals surface area contributed by atoms with Crippen molar-refractivity contribution in [2.75, 3.05) is 33.3 Å². The molecule has 2 aromatic rings. The summed E-state index contributed by atoms with van der Waals surface area (Å²) in [6.07, 6.45) is 2.96. The molecule has 2 aromatic carbocycles. The highest BCUT2D eigenvalue weighted by atomic mass is 16.5. The van der Waals surface area contributed by atoms with Gasteiger partial charge in [-0.1, -0.05) is 6.07 Å². The van der Waals surface area contributed by atoms with Crippen molar-refractivity contribution < 1.29 is 28.5 Å². The standard InChI is InChI=1S/C21H23NO6/c1-5-28-21(24)15-7-6-8-16(11-15)22-20(23)10-9-14-12-18(26-3)19(27-4)13-17(14)25-2/h6-13H,5H2,1-4H3,(H,22,23)/b10-9+. The van der Waals surface area contributed by atoms with E-state index in [2.05, 4.69) is 5.32 Å². The number of ether oxygens (including phenoxy) is 4. The molecule has 7 nitrogen and oxygen atoms in total. The Hall–Kier alpha value is -3.48. The molecule has 2 rings (SSSR count). The van der Waals surface area contributed by atoms with Crippen LogP contribution in [0.25, 0.3) is 6.08 Å². The fraction of sp³-hybridized carbons (Fsp3) is 0.238. The minimum Gasteiger partial charge on any atom is -0.496 e. The molecule has 0 aromatic heterocycles. The van der Waals surface area contributed by atoms with Crippen molar-refractivity contribution in [3.05, 3.63) is 53.6 Å². The zero-order valence-corrected chi connectivity index (χ0v) is 16.3. The average Bonchev–Trinajstić information content (AvgIpc) is 2.71. The molecule has 0 aliphatic rings. The van der Waals surface area contributed by atoms with Gasteiger partial charge in [-0.25, -0.2) is 4.79 Å². The highest BCUT2D eigenvalue weighted by molar-refractivity contribution is 6.03. The van der Waals surface area contributed by atoms with E-state index in [0.717, 1.165) is 0 Å². The number of nitrogens with one attached hydrogen (secondary N) is 1. The number of methoxy groups -OCH3 is 3.